The van der Waals surface area contributed by atoms with Crippen molar-refractivity contribution in [3.8, 4) is 5.75 Å². The summed E-state index contributed by atoms with van der Waals surface area (Å²) in [5.74, 6) is -0.0538. The van der Waals surface area contributed by atoms with Crippen LogP contribution in [-0.2, 0) is 4.74 Å². The Kier molecular flexibility index (Phi) is 5.93. The second-order valence-corrected chi connectivity index (χ2v) is 7.53. The molecule has 1 aliphatic heterocycles. The molecule has 1 amide bonds. The summed E-state index contributed by atoms with van der Waals surface area (Å²) in [4.78, 5) is 25.0. The zero-order valence-corrected chi connectivity index (χ0v) is 15.4. The number of piperidine rings is 1. The van der Waals surface area contributed by atoms with Crippen molar-refractivity contribution in [2.75, 3.05) is 19.7 Å². The lowest BCUT2D eigenvalue weighted by molar-refractivity contribution is 0.0139. The summed E-state index contributed by atoms with van der Waals surface area (Å²) in [6, 6.07) is 4.96. The number of carboxylic acids is 1. The maximum atomic E-state index is 12.2. The zero-order valence-electron chi connectivity index (χ0n) is 15.4. The lowest BCUT2D eigenvalue weighted by atomic mass is 9.99. The quantitative estimate of drug-likeness (QED) is 0.896. The number of rotatable bonds is 4. The molecule has 6 heteroatoms. The summed E-state index contributed by atoms with van der Waals surface area (Å²) in [5.41, 5.74) is 0.453. The number of aromatic carboxylic acids is 1. The number of carboxylic acid groups (broad SMARTS) is 1. The Hall–Kier alpha value is -2.24. The summed E-state index contributed by atoms with van der Waals surface area (Å²) in [5, 5.41) is 9.06. The van der Waals surface area contributed by atoms with E-state index in [0.29, 0.717) is 31.0 Å². The Morgan fingerprint density at radius 3 is 2.64 bits per heavy atom. The average Bonchev–Trinajstić information content (AvgIpc) is 2.51. The highest BCUT2D eigenvalue weighted by atomic mass is 16.6. The van der Waals surface area contributed by atoms with Gasteiger partial charge in [0.1, 0.15) is 11.4 Å². The largest absolute Gasteiger partial charge is 0.493 e. The first-order valence-electron chi connectivity index (χ1n) is 8.60. The van der Waals surface area contributed by atoms with Gasteiger partial charge in [-0.3, -0.25) is 0 Å². The standard InChI is InChI=1S/C19H27NO5/c1-13-10-15(7-8-16(13)17(21)22)24-12-14-6-5-9-20(11-14)18(23)25-19(2,3)4/h7-8,10,14H,5-6,9,11-12H2,1-4H3,(H,21,22)/t14-/m1/s1. The zero-order chi connectivity index (χ0) is 18.6. The van der Waals surface area contributed by atoms with Gasteiger partial charge < -0.3 is 19.5 Å². The monoisotopic (exact) mass is 349 g/mol. The summed E-state index contributed by atoms with van der Waals surface area (Å²) in [6.45, 7) is 9.14. The second-order valence-electron chi connectivity index (χ2n) is 7.53. The molecule has 1 saturated heterocycles. The fourth-order valence-electron chi connectivity index (χ4n) is 2.87. The molecule has 2 rings (SSSR count). The summed E-state index contributed by atoms with van der Waals surface area (Å²) in [6.07, 6.45) is 1.63. The van der Waals surface area contributed by atoms with Gasteiger partial charge in [-0.15, -0.1) is 0 Å². The molecule has 0 spiro atoms. The van der Waals surface area contributed by atoms with Crippen LogP contribution in [-0.4, -0.2) is 47.4 Å². The van der Waals surface area contributed by atoms with E-state index in [1.165, 1.54) is 0 Å². The molecule has 0 radical (unpaired) electrons. The van der Waals surface area contributed by atoms with E-state index in [-0.39, 0.29) is 17.6 Å². The van der Waals surface area contributed by atoms with Crippen molar-refractivity contribution in [1.82, 2.24) is 4.90 Å². The van der Waals surface area contributed by atoms with Crippen molar-refractivity contribution < 1.29 is 24.2 Å². The van der Waals surface area contributed by atoms with Crippen LogP contribution < -0.4 is 4.74 Å². The third kappa shape index (κ3) is 5.66. The molecule has 1 N–H and O–H groups in total. The van der Waals surface area contributed by atoms with Crippen LogP contribution >= 0.6 is 0 Å². The highest BCUT2D eigenvalue weighted by Gasteiger charge is 2.28. The molecule has 1 aromatic rings. The third-order valence-corrected chi connectivity index (χ3v) is 4.08. The number of aryl methyl sites for hydroxylation is 1. The third-order valence-electron chi connectivity index (χ3n) is 4.08. The number of likely N-dealkylation sites (tertiary alicyclic amines) is 1. The summed E-state index contributed by atoms with van der Waals surface area (Å²) < 4.78 is 11.2. The van der Waals surface area contributed by atoms with E-state index >= 15 is 0 Å². The fraction of sp³-hybridized carbons (Fsp3) is 0.579. The first-order valence-corrected chi connectivity index (χ1v) is 8.60. The molecular weight excluding hydrogens is 322 g/mol. The van der Waals surface area contributed by atoms with Gasteiger partial charge in [0, 0.05) is 19.0 Å². The van der Waals surface area contributed by atoms with Crippen LogP contribution in [0.25, 0.3) is 0 Å². The number of nitrogens with zero attached hydrogens (tertiary/aromatic N) is 1. The Balaban J connectivity index is 1.89. The molecule has 1 fully saturated rings. The molecule has 0 unspecified atom stereocenters. The molecule has 0 bridgehead atoms. The van der Waals surface area contributed by atoms with E-state index in [4.69, 9.17) is 14.6 Å². The highest BCUT2D eigenvalue weighted by Crippen LogP contribution is 2.22. The predicted molar refractivity (Wildman–Crippen MR) is 94.2 cm³/mol. The Morgan fingerprint density at radius 1 is 1.32 bits per heavy atom. The van der Waals surface area contributed by atoms with E-state index < -0.39 is 11.6 Å². The van der Waals surface area contributed by atoms with Gasteiger partial charge in [-0.25, -0.2) is 9.59 Å². The van der Waals surface area contributed by atoms with Crippen molar-refractivity contribution in [2.24, 2.45) is 5.92 Å². The Labute approximate surface area is 148 Å². The molecule has 0 aromatic heterocycles. The van der Waals surface area contributed by atoms with Gasteiger partial charge in [0.05, 0.1) is 12.2 Å². The van der Waals surface area contributed by atoms with Crippen molar-refractivity contribution in [3.05, 3.63) is 29.3 Å². The minimum atomic E-state index is -0.940. The number of amides is 1. The van der Waals surface area contributed by atoms with Gasteiger partial charge in [-0.2, -0.15) is 0 Å². The van der Waals surface area contributed by atoms with Crippen molar-refractivity contribution in [2.45, 2.75) is 46.1 Å². The molecule has 1 heterocycles. The van der Waals surface area contributed by atoms with Crippen LogP contribution in [0.3, 0.4) is 0 Å². The first kappa shape index (κ1) is 19.1. The minimum Gasteiger partial charge on any atom is -0.493 e. The van der Waals surface area contributed by atoms with Crippen LogP contribution in [0, 0.1) is 12.8 Å². The molecule has 25 heavy (non-hydrogen) atoms. The Morgan fingerprint density at radius 2 is 2.04 bits per heavy atom. The summed E-state index contributed by atoms with van der Waals surface area (Å²) in [7, 11) is 0. The predicted octanol–water partition coefficient (Wildman–Crippen LogP) is 3.72. The van der Waals surface area contributed by atoms with Crippen LogP contribution in [0.2, 0.25) is 0 Å². The molecule has 6 nitrogen and oxygen atoms in total. The topological polar surface area (TPSA) is 76.1 Å². The molecule has 1 aromatic carbocycles. The van der Waals surface area contributed by atoms with Gasteiger partial charge in [-0.1, -0.05) is 0 Å². The van der Waals surface area contributed by atoms with Crippen molar-refractivity contribution in [1.29, 1.82) is 0 Å². The van der Waals surface area contributed by atoms with E-state index in [1.807, 2.05) is 20.8 Å². The van der Waals surface area contributed by atoms with Crippen molar-refractivity contribution in [3.63, 3.8) is 0 Å². The van der Waals surface area contributed by atoms with Crippen LogP contribution in [0.5, 0.6) is 5.75 Å². The van der Waals surface area contributed by atoms with E-state index in [9.17, 15) is 9.59 Å². The number of hydrogen-bond acceptors (Lipinski definition) is 4. The van der Waals surface area contributed by atoms with E-state index in [2.05, 4.69) is 0 Å². The maximum Gasteiger partial charge on any atom is 0.410 e. The Bertz CT molecular complexity index is 635. The number of benzene rings is 1. The van der Waals surface area contributed by atoms with Crippen molar-refractivity contribution >= 4 is 12.1 Å². The first-order chi connectivity index (χ1) is 11.7. The molecule has 138 valence electrons. The molecule has 0 aliphatic carbocycles. The van der Waals surface area contributed by atoms with Gasteiger partial charge in [0.15, 0.2) is 0 Å². The lowest BCUT2D eigenvalue weighted by Crippen LogP contribution is -2.44. The smallest absolute Gasteiger partial charge is 0.410 e. The van der Waals surface area contributed by atoms with Crippen LogP contribution in [0.15, 0.2) is 18.2 Å². The minimum absolute atomic E-state index is 0.237. The van der Waals surface area contributed by atoms with E-state index in [0.717, 1.165) is 12.8 Å². The molecular formula is C19H27NO5. The van der Waals surface area contributed by atoms with Gasteiger partial charge in [0.2, 0.25) is 0 Å². The number of carbonyl (C=O) groups is 2. The van der Waals surface area contributed by atoms with Crippen LogP contribution in [0.4, 0.5) is 4.79 Å². The maximum absolute atomic E-state index is 12.2. The number of carbonyl (C=O) groups excluding carboxylic acids is 1. The van der Waals surface area contributed by atoms with Gasteiger partial charge >= 0.3 is 12.1 Å². The number of hydrogen-bond donors (Lipinski definition) is 1. The summed E-state index contributed by atoms with van der Waals surface area (Å²) >= 11 is 0. The highest BCUT2D eigenvalue weighted by molar-refractivity contribution is 5.89. The second kappa shape index (κ2) is 7.76. The molecule has 0 saturated carbocycles. The number of ether oxygens (including phenoxy) is 2. The SMILES string of the molecule is Cc1cc(OC[C@@H]2CCCN(C(=O)OC(C)(C)C)C2)ccc1C(=O)O. The average molecular weight is 349 g/mol. The molecule has 1 aliphatic rings. The normalized spacial score (nSPS) is 17.9. The van der Waals surface area contributed by atoms with Gasteiger partial charge in [-0.05, 0) is 64.3 Å². The van der Waals surface area contributed by atoms with E-state index in [1.54, 1.807) is 30.0 Å². The lowest BCUT2D eigenvalue weighted by Gasteiger charge is -2.34. The molecule has 1 atom stereocenters. The fourth-order valence-corrected chi connectivity index (χ4v) is 2.87. The van der Waals surface area contributed by atoms with Gasteiger partial charge in [0.25, 0.3) is 0 Å². The van der Waals surface area contributed by atoms with Crippen LogP contribution in [0.1, 0.15) is 49.5 Å².